The van der Waals surface area contributed by atoms with E-state index >= 15 is 0 Å². The third-order valence-corrected chi connectivity index (χ3v) is 7.08. The number of nitrogens with zero attached hydrogens (tertiary/aromatic N) is 4. The van der Waals surface area contributed by atoms with Gasteiger partial charge in [0.25, 0.3) is 5.56 Å². The molecule has 5 rings (SSSR count). The molecule has 0 unspecified atom stereocenters. The molecule has 1 aliphatic carbocycles. The first kappa shape index (κ1) is 25.2. The predicted molar refractivity (Wildman–Crippen MR) is 137 cm³/mol. The second kappa shape index (κ2) is 9.11. The van der Waals surface area contributed by atoms with Crippen molar-refractivity contribution in [1.29, 1.82) is 0 Å². The lowest BCUT2D eigenvalue weighted by atomic mass is 10.0. The molecule has 4 aromatic rings. The molecule has 0 saturated heterocycles. The number of rotatable bonds is 5. The van der Waals surface area contributed by atoms with Crippen molar-refractivity contribution in [2.45, 2.75) is 51.6 Å². The van der Waals surface area contributed by atoms with Gasteiger partial charge >= 0.3 is 0 Å². The van der Waals surface area contributed by atoms with E-state index < -0.39 is 17.2 Å². The number of aromatic nitrogens is 4. The summed E-state index contributed by atoms with van der Waals surface area (Å²) in [6.45, 7) is 6.88. The summed E-state index contributed by atoms with van der Waals surface area (Å²) in [5, 5.41) is 10.4. The van der Waals surface area contributed by atoms with Crippen molar-refractivity contribution in [3.8, 4) is 17.1 Å². The topological polar surface area (TPSA) is 80.9 Å². The first-order valence-corrected chi connectivity index (χ1v) is 12.2. The van der Waals surface area contributed by atoms with Gasteiger partial charge in [-0.05, 0) is 93.0 Å². The van der Waals surface area contributed by atoms with E-state index in [0.29, 0.717) is 40.3 Å². The van der Waals surface area contributed by atoms with Gasteiger partial charge in [-0.2, -0.15) is 0 Å². The maximum Gasteiger partial charge on any atom is 0.274 e. The van der Waals surface area contributed by atoms with E-state index in [2.05, 4.69) is 15.0 Å². The fourth-order valence-electron chi connectivity index (χ4n) is 4.64. The highest BCUT2D eigenvalue weighted by atomic mass is 35.5. The maximum absolute atomic E-state index is 13.7. The van der Waals surface area contributed by atoms with Gasteiger partial charge < -0.3 is 5.11 Å². The van der Waals surface area contributed by atoms with Crippen LogP contribution in [-0.4, -0.2) is 24.6 Å². The summed E-state index contributed by atoms with van der Waals surface area (Å²) in [7, 11) is 0. The van der Waals surface area contributed by atoms with E-state index in [1.54, 1.807) is 49.0 Å². The molecule has 3 heterocycles. The van der Waals surface area contributed by atoms with Crippen molar-refractivity contribution in [3.05, 3.63) is 104 Å². The highest BCUT2D eigenvalue weighted by molar-refractivity contribution is 6.31. The summed E-state index contributed by atoms with van der Waals surface area (Å²) in [4.78, 5) is 26.6. The van der Waals surface area contributed by atoms with Gasteiger partial charge in [0, 0.05) is 18.1 Å². The number of benzene rings is 1. The summed E-state index contributed by atoms with van der Waals surface area (Å²) in [6, 6.07) is 9.23. The average Bonchev–Trinajstić information content (AvgIpc) is 3.64. The SMILES string of the molecule is Cc1cnc(-c2ccnc(C(C)(C)O)n2)cc1-n1c(C)cc([C@H]2C[C@@H]2c2ccc(F)c(F)c2)c(Cl)c1=O. The van der Waals surface area contributed by atoms with Gasteiger partial charge in [-0.25, -0.2) is 18.7 Å². The molecule has 0 radical (unpaired) electrons. The molecular formula is C28H25ClF2N4O2. The van der Waals surface area contributed by atoms with Gasteiger partial charge in [0.05, 0.1) is 17.1 Å². The van der Waals surface area contributed by atoms with Crippen molar-refractivity contribution in [2.75, 3.05) is 0 Å². The minimum Gasteiger partial charge on any atom is -0.382 e. The Kier molecular flexibility index (Phi) is 6.20. The van der Waals surface area contributed by atoms with E-state index in [0.717, 1.165) is 11.6 Å². The first-order valence-electron chi connectivity index (χ1n) is 11.9. The van der Waals surface area contributed by atoms with Crippen molar-refractivity contribution >= 4 is 11.6 Å². The van der Waals surface area contributed by atoms with Gasteiger partial charge in [-0.3, -0.25) is 14.3 Å². The molecule has 190 valence electrons. The smallest absolute Gasteiger partial charge is 0.274 e. The Morgan fingerprint density at radius 3 is 2.49 bits per heavy atom. The van der Waals surface area contributed by atoms with Crippen LogP contribution in [0.25, 0.3) is 17.1 Å². The molecule has 6 nitrogen and oxygen atoms in total. The van der Waals surface area contributed by atoms with Crippen LogP contribution in [0.5, 0.6) is 0 Å². The predicted octanol–water partition coefficient (Wildman–Crippen LogP) is 5.74. The van der Waals surface area contributed by atoms with Crippen LogP contribution in [0, 0.1) is 25.5 Å². The van der Waals surface area contributed by atoms with Crippen molar-refractivity contribution in [3.63, 3.8) is 0 Å². The fourth-order valence-corrected chi connectivity index (χ4v) is 4.92. The van der Waals surface area contributed by atoms with E-state index in [1.165, 1.54) is 6.07 Å². The Morgan fingerprint density at radius 1 is 1.03 bits per heavy atom. The van der Waals surface area contributed by atoms with Crippen LogP contribution < -0.4 is 5.56 Å². The summed E-state index contributed by atoms with van der Waals surface area (Å²) < 4.78 is 28.6. The van der Waals surface area contributed by atoms with Crippen molar-refractivity contribution in [2.24, 2.45) is 0 Å². The number of pyridine rings is 2. The molecule has 0 aliphatic heterocycles. The molecule has 0 spiro atoms. The number of hydrogen-bond acceptors (Lipinski definition) is 5. The van der Waals surface area contributed by atoms with Gasteiger partial charge in [0.15, 0.2) is 17.5 Å². The van der Waals surface area contributed by atoms with Crippen LogP contribution in [0.4, 0.5) is 8.78 Å². The van der Waals surface area contributed by atoms with Gasteiger partial charge in [0.2, 0.25) is 0 Å². The lowest BCUT2D eigenvalue weighted by Gasteiger charge is -2.17. The molecule has 1 saturated carbocycles. The van der Waals surface area contributed by atoms with E-state index in [-0.39, 0.29) is 28.2 Å². The van der Waals surface area contributed by atoms with E-state index in [1.807, 2.05) is 19.9 Å². The Morgan fingerprint density at radius 2 is 1.78 bits per heavy atom. The lowest BCUT2D eigenvalue weighted by Crippen LogP contribution is -2.23. The minimum absolute atomic E-state index is 0.0285. The zero-order valence-corrected chi connectivity index (χ0v) is 21.5. The van der Waals surface area contributed by atoms with Crippen LogP contribution in [-0.2, 0) is 5.60 Å². The van der Waals surface area contributed by atoms with Crippen LogP contribution in [0.3, 0.4) is 0 Å². The fraction of sp³-hybridized carbons (Fsp3) is 0.286. The molecule has 3 aromatic heterocycles. The molecule has 0 bridgehead atoms. The first-order chi connectivity index (χ1) is 17.5. The normalized spacial score (nSPS) is 17.2. The average molecular weight is 523 g/mol. The third-order valence-electron chi connectivity index (χ3n) is 6.70. The Labute approximate surface area is 217 Å². The Hall–Kier alpha value is -3.49. The van der Waals surface area contributed by atoms with E-state index in [9.17, 15) is 18.7 Å². The number of aliphatic hydroxyl groups is 1. The highest BCUT2D eigenvalue weighted by Crippen LogP contribution is 2.56. The Balaban J connectivity index is 1.53. The van der Waals surface area contributed by atoms with Crippen LogP contribution in [0.1, 0.15) is 60.3 Å². The highest BCUT2D eigenvalue weighted by Gasteiger charge is 2.42. The van der Waals surface area contributed by atoms with Gasteiger partial charge in [-0.15, -0.1) is 0 Å². The minimum atomic E-state index is -1.22. The molecule has 2 atom stereocenters. The number of halogens is 3. The van der Waals surface area contributed by atoms with Crippen LogP contribution in [0.15, 0.2) is 53.6 Å². The molecule has 1 aromatic carbocycles. The monoisotopic (exact) mass is 522 g/mol. The summed E-state index contributed by atoms with van der Waals surface area (Å²) >= 11 is 6.61. The maximum atomic E-state index is 13.7. The largest absolute Gasteiger partial charge is 0.382 e. The molecule has 0 amide bonds. The Bertz CT molecular complexity index is 1600. The van der Waals surface area contributed by atoms with Gasteiger partial charge in [0.1, 0.15) is 10.6 Å². The van der Waals surface area contributed by atoms with Crippen molar-refractivity contribution < 1.29 is 13.9 Å². The lowest BCUT2D eigenvalue weighted by molar-refractivity contribution is 0.0688. The standard InChI is InChI=1S/C28H25ClF2N4O2/c1-14-13-33-23(22-7-8-32-27(34-22)28(3,4)37)12-24(14)35-15(2)9-19(25(29)26(35)36)18-11-17(18)16-5-6-20(30)21(31)10-16/h5-10,12-13,17-18,37H,11H2,1-4H3/t17-,18+/m1/s1. The van der Waals surface area contributed by atoms with E-state index in [4.69, 9.17) is 11.6 Å². The summed E-state index contributed by atoms with van der Waals surface area (Å²) in [5.41, 5.74) is 2.88. The third kappa shape index (κ3) is 4.67. The second-order valence-electron chi connectivity index (χ2n) is 10.00. The molecule has 9 heteroatoms. The zero-order chi connectivity index (χ0) is 26.6. The van der Waals surface area contributed by atoms with Crippen molar-refractivity contribution in [1.82, 2.24) is 19.5 Å². The zero-order valence-electron chi connectivity index (χ0n) is 20.8. The quantitative estimate of drug-likeness (QED) is 0.362. The molecule has 37 heavy (non-hydrogen) atoms. The summed E-state index contributed by atoms with van der Waals surface area (Å²) in [5.74, 6) is -1.59. The van der Waals surface area contributed by atoms with Gasteiger partial charge in [-0.1, -0.05) is 17.7 Å². The molecule has 1 aliphatic rings. The molecular weight excluding hydrogens is 498 g/mol. The van der Waals surface area contributed by atoms with Crippen LogP contribution in [0.2, 0.25) is 5.02 Å². The molecule has 1 fully saturated rings. The van der Waals surface area contributed by atoms with Crippen LogP contribution >= 0.6 is 11.6 Å². The number of hydrogen-bond donors (Lipinski definition) is 1. The molecule has 1 N–H and O–H groups in total. The number of aryl methyl sites for hydroxylation is 2. The second-order valence-corrected chi connectivity index (χ2v) is 10.4. The summed E-state index contributed by atoms with van der Waals surface area (Å²) in [6.07, 6.45) is 3.91.